The first-order valence-electron chi connectivity index (χ1n) is 18.0. The van der Waals surface area contributed by atoms with Crippen molar-refractivity contribution in [2.45, 2.75) is 106 Å². The number of hydrogen-bond acceptors (Lipinski definition) is 9. The molecule has 3 aromatic rings. The predicted molar refractivity (Wildman–Crippen MR) is 224 cm³/mol. The Morgan fingerprint density at radius 2 is 1.75 bits per heavy atom. The summed E-state index contributed by atoms with van der Waals surface area (Å²) in [5.41, 5.74) is 8.18. The predicted octanol–water partition coefficient (Wildman–Crippen LogP) is 10.4. The van der Waals surface area contributed by atoms with Gasteiger partial charge < -0.3 is 27.6 Å². The Hall–Kier alpha value is -0.912. The van der Waals surface area contributed by atoms with E-state index in [0.717, 1.165) is 74.9 Å². The van der Waals surface area contributed by atoms with Gasteiger partial charge in [0.2, 0.25) is 0 Å². The van der Waals surface area contributed by atoms with Crippen molar-refractivity contribution in [3.05, 3.63) is 78.7 Å². The number of allylic oxidation sites excluding steroid dienone is 1. The summed E-state index contributed by atoms with van der Waals surface area (Å²) in [7, 11) is 1.27. The van der Waals surface area contributed by atoms with Crippen LogP contribution < -0.4 is 20.7 Å². The molecule has 4 rings (SSSR count). The number of unbranched alkanes of at least 4 members (excludes halogenated alkanes) is 2. The molecule has 0 bridgehead atoms. The summed E-state index contributed by atoms with van der Waals surface area (Å²) < 4.78 is 32.9. The summed E-state index contributed by atoms with van der Waals surface area (Å²) in [5.74, 6) is 0.543. The number of rotatable bonds is 14. The number of benzene rings is 1. The normalized spacial score (nSPS) is 13.2. The van der Waals surface area contributed by atoms with Gasteiger partial charge in [-0.2, -0.15) is 16.9 Å². The van der Waals surface area contributed by atoms with Gasteiger partial charge in [0.05, 0.1) is 17.8 Å². The summed E-state index contributed by atoms with van der Waals surface area (Å²) in [5, 5.41) is 8.39. The van der Waals surface area contributed by atoms with Crippen molar-refractivity contribution in [1.29, 1.82) is 0 Å². The fraction of sp³-hybridized carbons (Fsp3) is 0.579. The third kappa shape index (κ3) is 21.5. The molecule has 291 valence electrons. The number of halogens is 2. The van der Waals surface area contributed by atoms with Crippen LogP contribution in [0.3, 0.4) is 0 Å². The number of fused-ring (bicyclic) bond motifs is 1. The van der Waals surface area contributed by atoms with Gasteiger partial charge in [-0.1, -0.05) is 81.4 Å². The fourth-order valence-corrected chi connectivity index (χ4v) is 5.26. The first-order chi connectivity index (χ1) is 24.2. The smallest absolute Gasteiger partial charge is 0.166 e. The van der Waals surface area contributed by atoms with E-state index in [-0.39, 0.29) is 46.4 Å². The van der Waals surface area contributed by atoms with Gasteiger partial charge in [0, 0.05) is 82.7 Å². The van der Waals surface area contributed by atoms with E-state index in [9.17, 15) is 8.78 Å². The van der Waals surface area contributed by atoms with Gasteiger partial charge >= 0.3 is 0 Å². The number of nitrogens with zero attached hydrogens (tertiary/aromatic N) is 4. The van der Waals surface area contributed by atoms with Crippen LogP contribution in [0.25, 0.3) is 11.3 Å². The summed E-state index contributed by atoms with van der Waals surface area (Å²) in [6.07, 6.45) is 12.3. The Morgan fingerprint density at radius 1 is 1.10 bits per heavy atom. The monoisotopic (exact) mass is 899 g/mol. The number of anilines is 1. The maximum absolute atomic E-state index is 14.4. The van der Waals surface area contributed by atoms with E-state index < -0.39 is 11.6 Å². The van der Waals surface area contributed by atoms with Gasteiger partial charge in [0.1, 0.15) is 17.5 Å². The molecule has 13 heteroatoms. The SMILES string of the molecule is C=C(NCCCCCN)c1cnn2ccc(N3CCCC3c3cc(F)ccc3F)nc12.C=CC(C)C.CC.CC.CC.CSC(C)CNS[S-].[Pm]. The maximum atomic E-state index is 14.4. The zero-order valence-electron chi connectivity index (χ0n) is 32.8. The Balaban J connectivity index is -0.000000965. The van der Waals surface area contributed by atoms with E-state index in [1.54, 1.807) is 10.7 Å². The molecule has 51 heavy (non-hydrogen) atoms. The first kappa shape index (κ1) is 54.4. The second-order valence-corrected chi connectivity index (χ2v) is 13.1. The van der Waals surface area contributed by atoms with Gasteiger partial charge in [-0.15, -0.1) is 6.58 Å². The van der Waals surface area contributed by atoms with Crippen molar-refractivity contribution in [2.24, 2.45) is 11.7 Å². The molecule has 1 radical (unpaired) electrons. The zero-order chi connectivity index (χ0) is 38.5. The van der Waals surface area contributed by atoms with Crippen LogP contribution in [0.1, 0.15) is 112 Å². The molecule has 2 atom stereocenters. The topological polar surface area (TPSA) is 83.5 Å². The van der Waals surface area contributed by atoms with E-state index in [4.69, 9.17) is 10.7 Å². The molecular weight excluding hydrogens is 834 g/mol. The second-order valence-electron chi connectivity index (χ2n) is 10.8. The average molecular weight is 900 g/mol. The van der Waals surface area contributed by atoms with Crippen LogP contribution in [0.2, 0.25) is 0 Å². The number of nitrogens with one attached hydrogen (secondary N) is 2. The average Bonchev–Trinajstić information content (AvgIpc) is 3.82. The number of aromatic nitrogens is 3. The Kier molecular flexibility index (Phi) is 37.2. The Morgan fingerprint density at radius 3 is 2.31 bits per heavy atom. The van der Waals surface area contributed by atoms with E-state index in [0.29, 0.717) is 28.9 Å². The van der Waals surface area contributed by atoms with Crippen LogP contribution >= 0.6 is 22.7 Å². The van der Waals surface area contributed by atoms with Crippen molar-refractivity contribution >= 4 is 51.6 Å². The molecular formula is C38H66F2N7PmS3-. The van der Waals surface area contributed by atoms with Crippen molar-refractivity contribution in [3.63, 3.8) is 0 Å². The number of hydrogen-bond donors (Lipinski definition) is 3. The van der Waals surface area contributed by atoms with Crippen molar-refractivity contribution in [3.8, 4) is 0 Å². The zero-order valence-corrected chi connectivity index (χ0v) is 38.2. The minimum absolute atomic E-state index is 0. The molecule has 0 amide bonds. The van der Waals surface area contributed by atoms with Crippen LogP contribution in [0, 0.1) is 57.9 Å². The van der Waals surface area contributed by atoms with E-state index in [1.165, 1.54) is 23.1 Å². The summed E-state index contributed by atoms with van der Waals surface area (Å²) in [6, 6.07) is 5.24. The van der Waals surface area contributed by atoms with Gasteiger partial charge in [-0.3, -0.25) is 15.7 Å². The molecule has 0 saturated carbocycles. The van der Waals surface area contributed by atoms with Crippen LogP contribution in [0.15, 0.2) is 55.9 Å². The first-order valence-corrected chi connectivity index (χ1v) is 21.1. The molecule has 2 aromatic heterocycles. The van der Waals surface area contributed by atoms with Crippen LogP contribution in [0.5, 0.6) is 0 Å². The summed E-state index contributed by atoms with van der Waals surface area (Å²) in [4.78, 5) is 6.86. The van der Waals surface area contributed by atoms with Gasteiger partial charge in [0.15, 0.2) is 5.65 Å². The molecule has 1 aromatic carbocycles. The van der Waals surface area contributed by atoms with E-state index in [2.05, 4.69) is 67.0 Å². The molecule has 1 aliphatic rings. The second kappa shape index (κ2) is 34.8. The quantitative estimate of drug-likeness (QED) is 0.0482. The van der Waals surface area contributed by atoms with Crippen LogP contribution in [-0.2, 0) is 11.7 Å². The van der Waals surface area contributed by atoms with Crippen molar-refractivity contribution < 1.29 is 49.2 Å². The summed E-state index contributed by atoms with van der Waals surface area (Å²) in [6.45, 7) is 29.3. The fourth-order valence-electron chi connectivity index (χ4n) is 4.38. The molecule has 1 saturated heterocycles. The van der Waals surface area contributed by atoms with Gasteiger partial charge in [-0.25, -0.2) is 18.3 Å². The molecule has 0 spiro atoms. The van der Waals surface area contributed by atoms with Crippen molar-refractivity contribution in [2.75, 3.05) is 37.3 Å². The van der Waals surface area contributed by atoms with Gasteiger partial charge in [0.25, 0.3) is 0 Å². The molecule has 1 aliphatic heterocycles. The minimum atomic E-state index is -0.432. The molecule has 3 heterocycles. The maximum Gasteiger partial charge on any atom is 0.166 e. The van der Waals surface area contributed by atoms with E-state index in [1.807, 2.05) is 76.5 Å². The molecule has 1 fully saturated rings. The van der Waals surface area contributed by atoms with E-state index >= 15 is 0 Å². The molecule has 0 aliphatic carbocycles. The van der Waals surface area contributed by atoms with Crippen LogP contribution in [0.4, 0.5) is 14.6 Å². The van der Waals surface area contributed by atoms with Crippen molar-refractivity contribution in [1.82, 2.24) is 24.6 Å². The standard InChI is InChI=1S/C23H28F2N6.C5H10.C4H11NS3.3C2H6.Pm/c1-16(27-11-4-2-3-10-26)19-15-28-31-13-9-22(29-23(19)31)30-12-5-6-21(30)18-14-17(24)7-8-20(18)25;1-4-5(2)3;1-4(7-2)3-5-8-6;3*1-2;/h7-9,13-15,21,27H,1-6,10-12,26H2;4-5H,1H2,2-3H3;4-6H,3H2,1-2H3;3*1-2H3;/p-1. The largest absolute Gasteiger partial charge is 0.702 e. The number of nitrogens with two attached hydrogens (primary N) is 1. The third-order valence-electron chi connectivity index (χ3n) is 7.07. The third-order valence-corrected chi connectivity index (χ3v) is 8.68. The summed E-state index contributed by atoms with van der Waals surface area (Å²) >= 11 is 6.46. The van der Waals surface area contributed by atoms with Gasteiger partial charge in [-0.05, 0) is 68.7 Å². The Bertz CT molecular complexity index is 1300. The molecule has 2 unspecified atom stereocenters. The minimum Gasteiger partial charge on any atom is -0.702 e. The molecule has 4 N–H and O–H groups in total. The molecule has 7 nitrogen and oxygen atoms in total. The number of thioether (sulfide) groups is 1. The Labute approximate surface area is 355 Å². The van der Waals surface area contributed by atoms with Crippen LogP contribution in [-0.4, -0.2) is 52.3 Å².